The van der Waals surface area contributed by atoms with Crippen LogP contribution in [-0.4, -0.2) is 66.9 Å². The summed E-state index contributed by atoms with van der Waals surface area (Å²) in [5.41, 5.74) is 0.870. The first kappa shape index (κ1) is 19.9. The summed E-state index contributed by atoms with van der Waals surface area (Å²) in [6, 6.07) is 5.60. The van der Waals surface area contributed by atoms with Crippen molar-refractivity contribution in [3.05, 3.63) is 28.7 Å². The normalized spacial score (nSPS) is 16.2. The molecule has 0 saturated heterocycles. The number of hydrogen-bond donors (Lipinski definition) is 0. The summed E-state index contributed by atoms with van der Waals surface area (Å²) in [5.74, 6) is 2.41. The Morgan fingerprint density at radius 1 is 1.28 bits per heavy atom. The van der Waals surface area contributed by atoms with Gasteiger partial charge in [-0.25, -0.2) is 4.79 Å². The van der Waals surface area contributed by atoms with Crippen LogP contribution in [0.3, 0.4) is 0 Å². The van der Waals surface area contributed by atoms with Crippen molar-refractivity contribution >= 4 is 39.9 Å². The molecule has 0 spiro atoms. The molecule has 0 bridgehead atoms. The molecule has 0 atom stereocenters. The highest BCUT2D eigenvalue weighted by Gasteiger charge is 2.38. The minimum absolute atomic E-state index is 0.0562. The Morgan fingerprint density at radius 3 is 2.64 bits per heavy atom. The minimum Gasteiger partial charge on any atom is -0.497 e. The standard InChI is InChI=1S/C18H25N2O3S2/c1-6-24-18-20(10-9-19(2)3)17(21)16(25-18)11-13-7-8-14(22-4)12-15(13)23-5/h7-8,11-12H,6,9-10H2,1-5H3/q+1/b16-11-. The van der Waals surface area contributed by atoms with Crippen LogP contribution in [0, 0.1) is 0 Å². The van der Waals surface area contributed by atoms with Gasteiger partial charge in [0.15, 0.2) is 6.54 Å². The van der Waals surface area contributed by atoms with Crippen LogP contribution < -0.4 is 9.47 Å². The number of methoxy groups -OCH3 is 2. The molecule has 1 aliphatic heterocycles. The predicted octanol–water partition coefficient (Wildman–Crippen LogP) is 3.00. The van der Waals surface area contributed by atoms with E-state index in [1.807, 2.05) is 42.9 Å². The topological polar surface area (TPSA) is 41.8 Å². The molecular weight excluding hydrogens is 356 g/mol. The number of rotatable bonds is 7. The molecule has 1 aliphatic rings. The lowest BCUT2D eigenvalue weighted by molar-refractivity contribution is -0.437. The van der Waals surface area contributed by atoms with Crippen LogP contribution in [0.2, 0.25) is 0 Å². The van der Waals surface area contributed by atoms with E-state index in [0.29, 0.717) is 12.3 Å². The SMILES string of the molecule is CCSC1=[N+](CCN(C)C)C(=O)/C(=C/c2ccc(OC)cc2OC)S1. The first-order chi connectivity index (χ1) is 12.0. The molecular formula is C18H25N2O3S2+. The molecule has 0 aromatic heterocycles. The smallest absolute Gasteiger partial charge is 0.427 e. The van der Waals surface area contributed by atoms with Gasteiger partial charge in [0.2, 0.25) is 0 Å². The summed E-state index contributed by atoms with van der Waals surface area (Å²) >= 11 is 3.25. The van der Waals surface area contributed by atoms with Crippen LogP contribution in [0.4, 0.5) is 0 Å². The van der Waals surface area contributed by atoms with Crippen LogP contribution in [0.15, 0.2) is 23.1 Å². The Labute approximate surface area is 158 Å². The van der Waals surface area contributed by atoms with Crippen molar-refractivity contribution in [1.82, 2.24) is 4.90 Å². The summed E-state index contributed by atoms with van der Waals surface area (Å²) in [6.07, 6.45) is 1.90. The lowest BCUT2D eigenvalue weighted by Gasteiger charge is -2.07. The fraction of sp³-hybridized carbons (Fsp3) is 0.444. The molecule has 0 unspecified atom stereocenters. The Bertz CT molecular complexity index is 700. The second kappa shape index (κ2) is 9.31. The van der Waals surface area contributed by atoms with E-state index in [-0.39, 0.29) is 5.91 Å². The molecule has 0 aliphatic carbocycles. The number of nitrogens with zero attached hydrogens (tertiary/aromatic N) is 2. The van der Waals surface area contributed by atoms with Crippen molar-refractivity contribution in [1.29, 1.82) is 0 Å². The van der Waals surface area contributed by atoms with E-state index < -0.39 is 0 Å². The molecule has 1 aromatic carbocycles. The van der Waals surface area contributed by atoms with E-state index in [1.54, 1.807) is 26.0 Å². The molecule has 1 amide bonds. The van der Waals surface area contributed by atoms with Gasteiger partial charge in [-0.05, 0) is 55.8 Å². The maximum absolute atomic E-state index is 12.8. The molecule has 0 N–H and O–H groups in total. The molecule has 136 valence electrons. The van der Waals surface area contributed by atoms with Gasteiger partial charge < -0.3 is 14.4 Å². The molecule has 5 nitrogen and oxygen atoms in total. The zero-order valence-corrected chi connectivity index (χ0v) is 17.0. The summed E-state index contributed by atoms with van der Waals surface area (Å²) in [6.45, 7) is 3.62. The van der Waals surface area contributed by atoms with Crippen molar-refractivity contribution in [3.8, 4) is 11.5 Å². The predicted molar refractivity (Wildman–Crippen MR) is 107 cm³/mol. The fourth-order valence-corrected chi connectivity index (χ4v) is 4.59. The first-order valence-electron chi connectivity index (χ1n) is 8.08. The van der Waals surface area contributed by atoms with Gasteiger partial charge in [0.25, 0.3) is 4.38 Å². The Morgan fingerprint density at radius 2 is 2.04 bits per heavy atom. The number of benzene rings is 1. The maximum Gasteiger partial charge on any atom is 0.427 e. The lowest BCUT2D eigenvalue weighted by atomic mass is 10.1. The average Bonchev–Trinajstić information content (AvgIpc) is 2.88. The van der Waals surface area contributed by atoms with Gasteiger partial charge in [-0.2, -0.15) is 0 Å². The zero-order chi connectivity index (χ0) is 18.4. The zero-order valence-electron chi connectivity index (χ0n) is 15.4. The van der Waals surface area contributed by atoms with Gasteiger partial charge in [0, 0.05) is 17.4 Å². The van der Waals surface area contributed by atoms with Crippen LogP contribution in [-0.2, 0) is 4.79 Å². The highest BCUT2D eigenvalue weighted by Crippen LogP contribution is 2.35. The van der Waals surface area contributed by atoms with Gasteiger partial charge in [-0.3, -0.25) is 0 Å². The number of thioether (sulfide) groups is 2. The Balaban J connectivity index is 2.29. The molecule has 0 fully saturated rings. The number of carbonyl (C=O) groups is 1. The van der Waals surface area contributed by atoms with E-state index >= 15 is 0 Å². The fourth-order valence-electron chi connectivity index (χ4n) is 2.30. The minimum atomic E-state index is 0.0562. The number of ether oxygens (including phenoxy) is 2. The number of likely N-dealkylation sites (N-methyl/N-ethyl adjacent to an activating group) is 1. The highest BCUT2D eigenvalue weighted by atomic mass is 32.2. The van der Waals surface area contributed by atoms with Gasteiger partial charge in [0.05, 0.1) is 20.8 Å². The van der Waals surface area contributed by atoms with Crippen molar-refractivity contribution < 1.29 is 18.8 Å². The largest absolute Gasteiger partial charge is 0.497 e. The highest BCUT2D eigenvalue weighted by molar-refractivity contribution is 8.40. The summed E-state index contributed by atoms with van der Waals surface area (Å²) in [4.78, 5) is 15.7. The third kappa shape index (κ3) is 5.03. The lowest BCUT2D eigenvalue weighted by Crippen LogP contribution is -2.28. The molecule has 25 heavy (non-hydrogen) atoms. The van der Waals surface area contributed by atoms with Crippen molar-refractivity contribution in [2.75, 3.05) is 47.2 Å². The van der Waals surface area contributed by atoms with Gasteiger partial charge in [-0.15, -0.1) is 4.58 Å². The first-order valence-corrected chi connectivity index (χ1v) is 9.88. The third-order valence-electron chi connectivity index (χ3n) is 3.64. The molecule has 2 rings (SSSR count). The summed E-state index contributed by atoms with van der Waals surface area (Å²) in [5, 5.41) is 0. The molecule has 7 heteroatoms. The quantitative estimate of drug-likeness (QED) is 0.534. The van der Waals surface area contributed by atoms with Gasteiger partial charge in [-0.1, -0.05) is 6.92 Å². The average molecular weight is 382 g/mol. The van der Waals surface area contributed by atoms with E-state index in [4.69, 9.17) is 9.47 Å². The summed E-state index contributed by atoms with van der Waals surface area (Å²) < 4.78 is 13.6. The van der Waals surface area contributed by atoms with E-state index in [9.17, 15) is 4.79 Å². The molecule has 0 radical (unpaired) electrons. The summed E-state index contributed by atoms with van der Waals surface area (Å²) in [7, 11) is 7.27. The second-order valence-electron chi connectivity index (χ2n) is 5.68. The Hall–Kier alpha value is -1.44. The van der Waals surface area contributed by atoms with Crippen LogP contribution >= 0.6 is 23.5 Å². The van der Waals surface area contributed by atoms with Crippen molar-refractivity contribution in [2.24, 2.45) is 0 Å². The number of hydrogen-bond acceptors (Lipinski definition) is 6. The molecule has 1 heterocycles. The third-order valence-corrected chi connectivity index (χ3v) is 5.91. The van der Waals surface area contributed by atoms with E-state index in [0.717, 1.165) is 32.9 Å². The van der Waals surface area contributed by atoms with Crippen LogP contribution in [0.25, 0.3) is 6.08 Å². The van der Waals surface area contributed by atoms with Gasteiger partial charge in [0.1, 0.15) is 16.4 Å². The van der Waals surface area contributed by atoms with E-state index in [2.05, 4.69) is 11.8 Å². The number of carbonyl (C=O) groups excluding carboxylic acids is 1. The monoisotopic (exact) mass is 381 g/mol. The maximum atomic E-state index is 12.8. The number of amides is 1. The molecule has 0 saturated carbocycles. The van der Waals surface area contributed by atoms with Crippen LogP contribution in [0.5, 0.6) is 11.5 Å². The molecule has 1 aromatic rings. The van der Waals surface area contributed by atoms with Crippen molar-refractivity contribution in [2.45, 2.75) is 6.92 Å². The van der Waals surface area contributed by atoms with Crippen LogP contribution in [0.1, 0.15) is 12.5 Å². The Kier molecular flexibility index (Phi) is 7.40. The second-order valence-corrected chi connectivity index (χ2v) is 8.22. The van der Waals surface area contributed by atoms with E-state index in [1.165, 1.54) is 11.8 Å². The van der Waals surface area contributed by atoms with Crippen molar-refractivity contribution in [3.63, 3.8) is 0 Å². The van der Waals surface area contributed by atoms with Gasteiger partial charge >= 0.3 is 5.91 Å².